The molecule has 1 aromatic carbocycles. The number of phenolic OH excluding ortho intramolecular Hbond substituents is 1. The molecule has 0 saturated carbocycles. The van der Waals surface area contributed by atoms with Gasteiger partial charge in [-0.15, -0.1) is 5.10 Å². The third-order valence-corrected chi connectivity index (χ3v) is 2.47. The molecule has 1 aliphatic carbocycles. The zero-order valence-corrected chi connectivity index (χ0v) is 7.88. The van der Waals surface area contributed by atoms with E-state index in [0.717, 1.165) is 22.0 Å². The highest BCUT2D eigenvalue weighted by Gasteiger charge is 2.07. The summed E-state index contributed by atoms with van der Waals surface area (Å²) in [5.41, 5.74) is 1.88. The standard InChI is InChI=1S/C12H8N2O/c15-10-4-5-11-8(6-10)2-1-3-9-7-13-14-12(9)11/h1-7,15H. The Hall–Kier alpha value is -2.16. The Morgan fingerprint density at radius 1 is 1.07 bits per heavy atom. The lowest BCUT2D eigenvalue weighted by Gasteiger charge is -1.96. The van der Waals surface area contributed by atoms with Crippen LogP contribution in [0.3, 0.4) is 0 Å². The van der Waals surface area contributed by atoms with Crippen LogP contribution in [0.1, 0.15) is 0 Å². The van der Waals surface area contributed by atoms with Gasteiger partial charge >= 0.3 is 0 Å². The highest BCUT2D eigenvalue weighted by Crippen LogP contribution is 2.28. The molecule has 72 valence electrons. The van der Waals surface area contributed by atoms with Gasteiger partial charge in [0.15, 0.2) is 0 Å². The van der Waals surface area contributed by atoms with E-state index >= 15 is 0 Å². The van der Waals surface area contributed by atoms with Gasteiger partial charge < -0.3 is 5.11 Å². The maximum atomic E-state index is 9.40. The molecule has 0 aromatic heterocycles. The summed E-state index contributed by atoms with van der Waals surface area (Å²) in [5, 5.41) is 19.3. The van der Waals surface area contributed by atoms with Gasteiger partial charge in [-0.05, 0) is 23.6 Å². The molecule has 0 spiro atoms. The van der Waals surface area contributed by atoms with Crippen molar-refractivity contribution < 1.29 is 5.11 Å². The van der Waals surface area contributed by atoms with Gasteiger partial charge in [0.05, 0.1) is 6.20 Å². The van der Waals surface area contributed by atoms with Crippen LogP contribution < -0.4 is 0 Å². The molecule has 1 N–H and O–H groups in total. The smallest absolute Gasteiger partial charge is 0.116 e. The summed E-state index contributed by atoms with van der Waals surface area (Å²) in [6.07, 6.45) is 1.74. The SMILES string of the molecule is Oc1ccc2c3nncc-3cccc2c1. The van der Waals surface area contributed by atoms with Gasteiger partial charge in [-0.2, -0.15) is 5.10 Å². The predicted octanol–water partition coefficient (Wildman–Crippen LogP) is 2.44. The van der Waals surface area contributed by atoms with Crippen molar-refractivity contribution in [1.82, 2.24) is 10.2 Å². The molecule has 1 aliphatic heterocycles. The van der Waals surface area contributed by atoms with Crippen LogP contribution in [0.2, 0.25) is 0 Å². The number of aromatic nitrogens is 2. The van der Waals surface area contributed by atoms with Crippen molar-refractivity contribution in [3.63, 3.8) is 0 Å². The van der Waals surface area contributed by atoms with Crippen molar-refractivity contribution >= 4 is 10.8 Å². The van der Waals surface area contributed by atoms with E-state index in [4.69, 9.17) is 0 Å². The molecule has 0 atom stereocenters. The minimum atomic E-state index is 0.265. The Morgan fingerprint density at radius 2 is 2.00 bits per heavy atom. The maximum absolute atomic E-state index is 9.40. The van der Waals surface area contributed by atoms with Crippen LogP contribution in [0.15, 0.2) is 42.6 Å². The lowest BCUT2D eigenvalue weighted by atomic mass is 10.1. The molecule has 0 fully saturated rings. The summed E-state index contributed by atoms with van der Waals surface area (Å²) in [5.74, 6) is 0.265. The molecule has 1 heterocycles. The molecule has 3 rings (SSSR count). The van der Waals surface area contributed by atoms with Crippen LogP contribution >= 0.6 is 0 Å². The molecule has 0 saturated heterocycles. The van der Waals surface area contributed by atoms with Crippen molar-refractivity contribution in [3.8, 4) is 17.0 Å². The Bertz CT molecular complexity index is 607. The number of nitrogens with zero attached hydrogens (tertiary/aromatic N) is 2. The van der Waals surface area contributed by atoms with Crippen LogP contribution in [0, 0.1) is 0 Å². The minimum Gasteiger partial charge on any atom is -0.508 e. The van der Waals surface area contributed by atoms with Gasteiger partial charge in [0.2, 0.25) is 0 Å². The zero-order chi connectivity index (χ0) is 10.3. The van der Waals surface area contributed by atoms with Crippen LogP contribution in [0.5, 0.6) is 5.75 Å². The molecule has 3 heteroatoms. The molecule has 0 bridgehead atoms. The second-order valence-electron chi connectivity index (χ2n) is 3.45. The predicted molar refractivity (Wildman–Crippen MR) is 57.8 cm³/mol. The lowest BCUT2D eigenvalue weighted by molar-refractivity contribution is 0.476. The maximum Gasteiger partial charge on any atom is 0.116 e. The van der Waals surface area contributed by atoms with Gasteiger partial charge in [0.25, 0.3) is 0 Å². The van der Waals surface area contributed by atoms with Gasteiger partial charge in [-0.1, -0.05) is 18.2 Å². The fourth-order valence-electron chi connectivity index (χ4n) is 1.76. The third kappa shape index (κ3) is 1.21. The molecule has 0 unspecified atom stereocenters. The van der Waals surface area contributed by atoms with Crippen LogP contribution in [0.25, 0.3) is 22.0 Å². The average molecular weight is 196 g/mol. The van der Waals surface area contributed by atoms with Crippen LogP contribution in [0.4, 0.5) is 0 Å². The summed E-state index contributed by atoms with van der Waals surface area (Å²) in [6, 6.07) is 11.1. The molecule has 1 aromatic rings. The largest absolute Gasteiger partial charge is 0.508 e. The Balaban J connectivity index is 2.51. The monoisotopic (exact) mass is 196 g/mol. The Kier molecular flexibility index (Phi) is 1.59. The highest BCUT2D eigenvalue weighted by molar-refractivity contribution is 5.95. The van der Waals surface area contributed by atoms with Crippen molar-refractivity contribution in [2.24, 2.45) is 0 Å². The summed E-state index contributed by atoms with van der Waals surface area (Å²) in [7, 11) is 0. The number of hydrogen-bond donors (Lipinski definition) is 1. The molecule has 0 amide bonds. The summed E-state index contributed by atoms with van der Waals surface area (Å²) >= 11 is 0. The van der Waals surface area contributed by atoms with E-state index in [1.54, 1.807) is 18.3 Å². The third-order valence-electron chi connectivity index (χ3n) is 2.47. The van der Waals surface area contributed by atoms with Gasteiger partial charge in [-0.25, -0.2) is 0 Å². The van der Waals surface area contributed by atoms with E-state index < -0.39 is 0 Å². The van der Waals surface area contributed by atoms with E-state index in [0.29, 0.717) is 0 Å². The van der Waals surface area contributed by atoms with Crippen LogP contribution in [-0.2, 0) is 0 Å². The molecule has 15 heavy (non-hydrogen) atoms. The van der Waals surface area contributed by atoms with E-state index in [2.05, 4.69) is 10.2 Å². The zero-order valence-electron chi connectivity index (χ0n) is 7.88. The number of aromatic hydroxyl groups is 1. The Morgan fingerprint density at radius 3 is 2.93 bits per heavy atom. The van der Waals surface area contributed by atoms with E-state index in [9.17, 15) is 5.11 Å². The molecule has 2 aliphatic rings. The first kappa shape index (κ1) is 8.17. The highest BCUT2D eigenvalue weighted by atomic mass is 16.3. The van der Waals surface area contributed by atoms with Crippen LogP contribution in [-0.4, -0.2) is 15.3 Å². The molecule has 3 nitrogen and oxygen atoms in total. The van der Waals surface area contributed by atoms with Gasteiger partial charge in [0.1, 0.15) is 11.4 Å². The van der Waals surface area contributed by atoms with Gasteiger partial charge in [0, 0.05) is 10.9 Å². The number of rotatable bonds is 0. The van der Waals surface area contributed by atoms with Crippen molar-refractivity contribution in [1.29, 1.82) is 0 Å². The second kappa shape index (κ2) is 2.92. The van der Waals surface area contributed by atoms with E-state index in [-0.39, 0.29) is 5.75 Å². The van der Waals surface area contributed by atoms with E-state index in [1.807, 2.05) is 24.3 Å². The Labute approximate surface area is 86.4 Å². The number of hydrogen-bond acceptors (Lipinski definition) is 3. The fraction of sp³-hybridized carbons (Fsp3) is 0. The topological polar surface area (TPSA) is 46.0 Å². The number of benzene rings is 1. The number of fused-ring (bicyclic) bond motifs is 3. The van der Waals surface area contributed by atoms with Gasteiger partial charge in [-0.3, -0.25) is 0 Å². The first-order valence-corrected chi connectivity index (χ1v) is 4.68. The second-order valence-corrected chi connectivity index (χ2v) is 3.45. The average Bonchev–Trinajstić information content (AvgIpc) is 2.61. The molecule has 0 radical (unpaired) electrons. The first-order chi connectivity index (χ1) is 7.34. The quantitative estimate of drug-likeness (QED) is 0.600. The summed E-state index contributed by atoms with van der Waals surface area (Å²) in [4.78, 5) is 0. The van der Waals surface area contributed by atoms with Crippen molar-refractivity contribution in [2.45, 2.75) is 0 Å². The van der Waals surface area contributed by atoms with Crippen molar-refractivity contribution in [2.75, 3.05) is 0 Å². The van der Waals surface area contributed by atoms with Crippen molar-refractivity contribution in [3.05, 3.63) is 42.6 Å². The lowest BCUT2D eigenvalue weighted by Crippen LogP contribution is -1.75. The van der Waals surface area contributed by atoms with E-state index in [1.165, 1.54) is 0 Å². The molecular weight excluding hydrogens is 188 g/mol. The summed E-state index contributed by atoms with van der Waals surface area (Å²) < 4.78 is 0. The number of phenols is 1. The first-order valence-electron chi connectivity index (χ1n) is 4.68. The molecular formula is C12H8N2O. The minimum absolute atomic E-state index is 0.265. The normalized spacial score (nSPS) is 10.9. The summed E-state index contributed by atoms with van der Waals surface area (Å²) in [6.45, 7) is 0. The fourth-order valence-corrected chi connectivity index (χ4v) is 1.76.